The Balaban J connectivity index is 2.09. The molecule has 0 spiro atoms. The third-order valence-corrected chi connectivity index (χ3v) is 5.41. The first-order valence-electron chi connectivity index (χ1n) is 6.88. The topological polar surface area (TPSA) is 65.8 Å². The Morgan fingerprint density at radius 2 is 1.96 bits per heavy atom. The third-order valence-electron chi connectivity index (χ3n) is 3.18. The predicted molar refractivity (Wildman–Crippen MR) is 93.7 cm³/mol. The van der Waals surface area contributed by atoms with E-state index in [0.29, 0.717) is 17.3 Å². The van der Waals surface area contributed by atoms with Crippen LogP contribution in [0.2, 0.25) is 0 Å². The molecular formula is C15H19N3O3S2. The van der Waals surface area contributed by atoms with Gasteiger partial charge in [0.2, 0.25) is 10.0 Å². The Morgan fingerprint density at radius 1 is 1.22 bits per heavy atom. The summed E-state index contributed by atoms with van der Waals surface area (Å²) in [6.07, 6.45) is 1.61. The van der Waals surface area contributed by atoms with Crippen molar-refractivity contribution >= 4 is 33.0 Å². The molecule has 2 aromatic rings. The Kier molecular flexibility index (Phi) is 5.40. The molecule has 0 fully saturated rings. The summed E-state index contributed by atoms with van der Waals surface area (Å²) in [6.45, 7) is 0.522. The average Bonchev–Trinajstić information content (AvgIpc) is 3.00. The molecule has 124 valence electrons. The largest absolute Gasteiger partial charge is 0.467 e. The minimum Gasteiger partial charge on any atom is -0.467 e. The van der Waals surface area contributed by atoms with Crippen LogP contribution in [0, 0.1) is 0 Å². The van der Waals surface area contributed by atoms with E-state index >= 15 is 0 Å². The second kappa shape index (κ2) is 7.12. The minimum atomic E-state index is -3.48. The van der Waals surface area contributed by atoms with Gasteiger partial charge in [0, 0.05) is 26.8 Å². The summed E-state index contributed by atoms with van der Waals surface area (Å²) in [6, 6.07) is 10.2. The molecule has 0 aliphatic carbocycles. The minimum absolute atomic E-state index is 0.212. The number of sulfonamides is 1. The molecular weight excluding hydrogens is 334 g/mol. The fraction of sp³-hybridized carbons (Fsp3) is 0.267. The lowest BCUT2D eigenvalue weighted by Gasteiger charge is -2.20. The standard InChI is InChI=1S/C15H19N3O3S2/c1-17(2)23(19,20)14-8-4-6-12(10-14)16-15(22)18(3)11-13-7-5-9-21-13/h4-10H,11H2,1-3H3,(H,16,22). The SMILES string of the molecule is CN(Cc1ccco1)C(=S)Nc1cccc(S(=O)(=O)N(C)C)c1. The van der Waals surface area contributed by atoms with Crippen molar-refractivity contribution in [1.82, 2.24) is 9.21 Å². The van der Waals surface area contributed by atoms with E-state index in [0.717, 1.165) is 5.76 Å². The summed E-state index contributed by atoms with van der Waals surface area (Å²) >= 11 is 5.33. The Bertz CT molecular complexity index is 771. The summed E-state index contributed by atoms with van der Waals surface area (Å²) in [4.78, 5) is 2.02. The molecule has 1 heterocycles. The highest BCUT2D eigenvalue weighted by atomic mass is 32.2. The smallest absolute Gasteiger partial charge is 0.242 e. The van der Waals surface area contributed by atoms with E-state index in [9.17, 15) is 8.42 Å². The van der Waals surface area contributed by atoms with Crippen molar-refractivity contribution in [2.24, 2.45) is 0 Å². The number of nitrogens with zero attached hydrogens (tertiary/aromatic N) is 2. The first kappa shape index (κ1) is 17.5. The first-order chi connectivity index (χ1) is 10.8. The molecule has 0 aliphatic heterocycles. The van der Waals surface area contributed by atoms with Crippen molar-refractivity contribution in [2.45, 2.75) is 11.4 Å². The van der Waals surface area contributed by atoms with Gasteiger partial charge in [-0.25, -0.2) is 12.7 Å². The number of furan rings is 1. The lowest BCUT2D eigenvalue weighted by molar-refractivity contribution is 0.414. The van der Waals surface area contributed by atoms with E-state index in [1.165, 1.54) is 18.4 Å². The van der Waals surface area contributed by atoms with Gasteiger partial charge in [-0.2, -0.15) is 0 Å². The zero-order valence-corrected chi connectivity index (χ0v) is 14.8. The van der Waals surface area contributed by atoms with Gasteiger partial charge in [0.05, 0.1) is 17.7 Å². The molecule has 0 bridgehead atoms. The molecule has 1 aromatic heterocycles. The molecule has 0 unspecified atom stereocenters. The summed E-state index contributed by atoms with van der Waals surface area (Å²) in [5.74, 6) is 0.792. The van der Waals surface area contributed by atoms with Crippen molar-refractivity contribution in [3.8, 4) is 0 Å². The van der Waals surface area contributed by atoms with Crippen molar-refractivity contribution in [3.05, 3.63) is 48.4 Å². The van der Waals surface area contributed by atoms with E-state index in [4.69, 9.17) is 16.6 Å². The maximum absolute atomic E-state index is 12.2. The van der Waals surface area contributed by atoms with Crippen LogP contribution in [-0.2, 0) is 16.6 Å². The highest BCUT2D eigenvalue weighted by Crippen LogP contribution is 2.18. The lowest BCUT2D eigenvalue weighted by atomic mass is 10.3. The molecule has 23 heavy (non-hydrogen) atoms. The molecule has 0 aliphatic rings. The van der Waals surface area contributed by atoms with Gasteiger partial charge >= 0.3 is 0 Å². The first-order valence-corrected chi connectivity index (χ1v) is 8.72. The van der Waals surface area contributed by atoms with Gasteiger partial charge in [-0.1, -0.05) is 6.07 Å². The number of nitrogens with one attached hydrogen (secondary N) is 1. The van der Waals surface area contributed by atoms with Crippen LogP contribution in [0.5, 0.6) is 0 Å². The molecule has 1 aromatic carbocycles. The molecule has 0 amide bonds. The Labute approximate surface area is 141 Å². The molecule has 0 radical (unpaired) electrons. The molecule has 0 atom stereocenters. The highest BCUT2D eigenvalue weighted by Gasteiger charge is 2.17. The number of rotatable bonds is 5. The lowest BCUT2D eigenvalue weighted by Crippen LogP contribution is -2.30. The Morgan fingerprint density at radius 3 is 2.57 bits per heavy atom. The summed E-state index contributed by atoms with van der Waals surface area (Å²) in [5.41, 5.74) is 0.615. The van der Waals surface area contributed by atoms with Crippen LogP contribution in [0.25, 0.3) is 0 Å². The maximum atomic E-state index is 12.2. The number of hydrogen-bond acceptors (Lipinski definition) is 4. The monoisotopic (exact) mass is 353 g/mol. The zero-order valence-electron chi connectivity index (χ0n) is 13.2. The van der Waals surface area contributed by atoms with Crippen LogP contribution in [0.3, 0.4) is 0 Å². The van der Waals surface area contributed by atoms with Gasteiger partial charge in [-0.05, 0) is 42.5 Å². The normalized spacial score (nSPS) is 11.5. The second-order valence-corrected chi connectivity index (χ2v) is 7.72. The van der Waals surface area contributed by atoms with Crippen molar-refractivity contribution in [3.63, 3.8) is 0 Å². The highest BCUT2D eigenvalue weighted by molar-refractivity contribution is 7.89. The molecule has 0 saturated heterocycles. The van der Waals surface area contributed by atoms with Crippen LogP contribution in [0.1, 0.15) is 5.76 Å². The third kappa shape index (κ3) is 4.31. The number of thiocarbonyl (C=S) groups is 1. The van der Waals surface area contributed by atoms with E-state index in [1.54, 1.807) is 35.4 Å². The summed E-state index contributed by atoms with van der Waals surface area (Å²) in [5, 5.41) is 3.51. The van der Waals surface area contributed by atoms with Gasteiger partial charge in [-0.15, -0.1) is 0 Å². The summed E-state index contributed by atoms with van der Waals surface area (Å²) in [7, 11) is 1.35. The van der Waals surface area contributed by atoms with E-state index in [-0.39, 0.29) is 4.90 Å². The Hall–Kier alpha value is -1.90. The maximum Gasteiger partial charge on any atom is 0.242 e. The fourth-order valence-electron chi connectivity index (χ4n) is 1.87. The van der Waals surface area contributed by atoms with Gasteiger partial charge in [0.1, 0.15) is 5.76 Å². The van der Waals surface area contributed by atoms with Crippen LogP contribution < -0.4 is 5.32 Å². The average molecular weight is 353 g/mol. The van der Waals surface area contributed by atoms with Crippen molar-refractivity contribution in [1.29, 1.82) is 0 Å². The molecule has 2 rings (SSSR count). The van der Waals surface area contributed by atoms with E-state index < -0.39 is 10.0 Å². The van der Waals surface area contributed by atoms with Crippen LogP contribution in [-0.4, -0.2) is 43.9 Å². The summed E-state index contributed by atoms with van der Waals surface area (Å²) < 4.78 is 30.8. The molecule has 0 saturated carbocycles. The number of benzene rings is 1. The van der Waals surface area contributed by atoms with Gasteiger partial charge in [0.15, 0.2) is 5.11 Å². The zero-order chi connectivity index (χ0) is 17.0. The van der Waals surface area contributed by atoms with E-state index in [1.807, 2.05) is 19.2 Å². The van der Waals surface area contributed by atoms with E-state index in [2.05, 4.69) is 5.32 Å². The van der Waals surface area contributed by atoms with Crippen LogP contribution in [0.4, 0.5) is 5.69 Å². The molecule has 8 heteroatoms. The van der Waals surface area contributed by atoms with Crippen molar-refractivity contribution in [2.75, 3.05) is 26.5 Å². The van der Waals surface area contributed by atoms with Crippen LogP contribution in [0.15, 0.2) is 52.0 Å². The predicted octanol–water partition coefficient (Wildman–Crippen LogP) is 2.36. The van der Waals surface area contributed by atoms with Gasteiger partial charge in [0.25, 0.3) is 0 Å². The second-order valence-electron chi connectivity index (χ2n) is 5.18. The van der Waals surface area contributed by atoms with Crippen LogP contribution >= 0.6 is 12.2 Å². The molecule has 6 nitrogen and oxygen atoms in total. The van der Waals surface area contributed by atoms with Gasteiger partial charge < -0.3 is 14.6 Å². The van der Waals surface area contributed by atoms with Gasteiger partial charge in [-0.3, -0.25) is 0 Å². The number of anilines is 1. The molecule has 1 N–H and O–H groups in total. The van der Waals surface area contributed by atoms with Crippen molar-refractivity contribution < 1.29 is 12.8 Å². The quantitative estimate of drug-likeness (QED) is 0.833. The fourth-order valence-corrected chi connectivity index (χ4v) is 3.00. The number of hydrogen-bond donors (Lipinski definition) is 1.